The second kappa shape index (κ2) is 6.58. The minimum absolute atomic E-state index is 0.0665. The summed E-state index contributed by atoms with van der Waals surface area (Å²) >= 11 is 0. The standard InChI is InChI=1S/C17H17N3O3/c21-17(13-4-2-1-3-5-13)15-12-14(20(22)23)6-7-16(15)19-10-8-18-9-11-19/h1-7,12,18H,8-11H2. The van der Waals surface area contributed by atoms with E-state index in [-0.39, 0.29) is 11.5 Å². The third-order valence-corrected chi connectivity index (χ3v) is 3.93. The van der Waals surface area contributed by atoms with Crippen LogP contribution in [0.4, 0.5) is 11.4 Å². The molecule has 2 aromatic rings. The fraction of sp³-hybridized carbons (Fsp3) is 0.235. The van der Waals surface area contributed by atoms with E-state index in [1.54, 1.807) is 30.3 Å². The van der Waals surface area contributed by atoms with Crippen LogP contribution in [0.3, 0.4) is 0 Å². The summed E-state index contributed by atoms with van der Waals surface area (Å²) in [5, 5.41) is 14.3. The van der Waals surface area contributed by atoms with Gasteiger partial charge in [-0.1, -0.05) is 30.3 Å². The van der Waals surface area contributed by atoms with Crippen molar-refractivity contribution in [3.05, 3.63) is 69.8 Å². The highest BCUT2D eigenvalue weighted by atomic mass is 16.6. The molecule has 23 heavy (non-hydrogen) atoms. The molecule has 0 unspecified atom stereocenters. The van der Waals surface area contributed by atoms with Crippen molar-refractivity contribution in [2.24, 2.45) is 0 Å². The highest BCUT2D eigenvalue weighted by molar-refractivity contribution is 6.12. The Bertz CT molecular complexity index is 725. The van der Waals surface area contributed by atoms with E-state index in [0.717, 1.165) is 31.9 Å². The molecule has 1 N–H and O–H groups in total. The van der Waals surface area contributed by atoms with Crippen LogP contribution in [-0.2, 0) is 0 Å². The number of benzene rings is 2. The molecule has 6 nitrogen and oxygen atoms in total. The van der Waals surface area contributed by atoms with Gasteiger partial charge in [-0.3, -0.25) is 14.9 Å². The summed E-state index contributed by atoms with van der Waals surface area (Å²) in [5.74, 6) is -0.192. The summed E-state index contributed by atoms with van der Waals surface area (Å²) in [4.78, 5) is 25.5. The smallest absolute Gasteiger partial charge is 0.270 e. The average molecular weight is 311 g/mol. The number of nitro groups is 1. The molecular weight excluding hydrogens is 294 g/mol. The number of rotatable bonds is 4. The van der Waals surface area contributed by atoms with Gasteiger partial charge in [-0.15, -0.1) is 0 Å². The molecule has 118 valence electrons. The van der Waals surface area contributed by atoms with Gasteiger partial charge in [0, 0.05) is 49.6 Å². The van der Waals surface area contributed by atoms with E-state index in [1.165, 1.54) is 12.1 Å². The highest BCUT2D eigenvalue weighted by Gasteiger charge is 2.22. The fourth-order valence-corrected chi connectivity index (χ4v) is 2.75. The van der Waals surface area contributed by atoms with Crippen molar-refractivity contribution in [3.63, 3.8) is 0 Å². The predicted octanol–water partition coefficient (Wildman–Crippen LogP) is 2.24. The average Bonchev–Trinajstić information content (AvgIpc) is 2.62. The number of nitrogens with one attached hydrogen (secondary N) is 1. The van der Waals surface area contributed by atoms with Gasteiger partial charge >= 0.3 is 0 Å². The fourth-order valence-electron chi connectivity index (χ4n) is 2.75. The zero-order chi connectivity index (χ0) is 16.2. The molecule has 6 heteroatoms. The maximum Gasteiger partial charge on any atom is 0.270 e. The molecule has 1 aliphatic heterocycles. The Morgan fingerprint density at radius 1 is 1.09 bits per heavy atom. The number of piperazine rings is 1. The molecule has 0 aliphatic carbocycles. The van der Waals surface area contributed by atoms with E-state index in [1.807, 2.05) is 6.07 Å². The summed E-state index contributed by atoms with van der Waals surface area (Å²) < 4.78 is 0. The van der Waals surface area contributed by atoms with Crippen molar-refractivity contribution < 1.29 is 9.72 Å². The van der Waals surface area contributed by atoms with E-state index >= 15 is 0 Å². The zero-order valence-electron chi connectivity index (χ0n) is 12.6. The van der Waals surface area contributed by atoms with E-state index in [2.05, 4.69) is 10.2 Å². The SMILES string of the molecule is O=C(c1ccccc1)c1cc([N+](=O)[O-])ccc1N1CCNCC1. The van der Waals surface area contributed by atoms with Crippen LogP contribution in [0.1, 0.15) is 15.9 Å². The first-order valence-corrected chi connectivity index (χ1v) is 7.50. The molecule has 0 saturated carbocycles. The van der Waals surface area contributed by atoms with Gasteiger partial charge < -0.3 is 10.2 Å². The minimum atomic E-state index is -0.469. The molecule has 0 aromatic heterocycles. The number of ketones is 1. The predicted molar refractivity (Wildman–Crippen MR) is 88.1 cm³/mol. The third-order valence-electron chi connectivity index (χ3n) is 3.93. The van der Waals surface area contributed by atoms with Crippen LogP contribution in [0.2, 0.25) is 0 Å². The van der Waals surface area contributed by atoms with Gasteiger partial charge in [-0.05, 0) is 6.07 Å². The summed E-state index contributed by atoms with van der Waals surface area (Å²) in [5.41, 5.74) is 1.60. The number of carbonyl (C=O) groups excluding carboxylic acids is 1. The Morgan fingerprint density at radius 3 is 2.43 bits per heavy atom. The number of anilines is 1. The van der Waals surface area contributed by atoms with Crippen LogP contribution >= 0.6 is 0 Å². The summed E-state index contributed by atoms with van der Waals surface area (Å²) in [6, 6.07) is 13.4. The first kappa shape index (κ1) is 15.2. The lowest BCUT2D eigenvalue weighted by molar-refractivity contribution is -0.384. The summed E-state index contributed by atoms with van der Waals surface area (Å²) in [6.45, 7) is 3.20. The van der Waals surface area contributed by atoms with E-state index in [0.29, 0.717) is 11.1 Å². The molecule has 1 heterocycles. The lowest BCUT2D eigenvalue weighted by atomic mass is 10.00. The van der Waals surface area contributed by atoms with Gasteiger partial charge in [-0.2, -0.15) is 0 Å². The van der Waals surface area contributed by atoms with Crippen molar-refractivity contribution in [1.29, 1.82) is 0 Å². The number of nitro benzene ring substituents is 1. The second-order valence-electron chi connectivity index (χ2n) is 5.39. The molecule has 1 saturated heterocycles. The van der Waals surface area contributed by atoms with Crippen LogP contribution in [0, 0.1) is 10.1 Å². The Balaban J connectivity index is 2.05. The lowest BCUT2D eigenvalue weighted by Crippen LogP contribution is -2.44. The molecule has 0 amide bonds. The van der Waals surface area contributed by atoms with Crippen molar-refractivity contribution in [2.75, 3.05) is 31.1 Å². The first-order valence-electron chi connectivity index (χ1n) is 7.50. The molecule has 0 spiro atoms. The molecule has 0 radical (unpaired) electrons. The Morgan fingerprint density at radius 2 is 1.78 bits per heavy atom. The Hall–Kier alpha value is -2.73. The van der Waals surface area contributed by atoms with Gasteiger partial charge in [-0.25, -0.2) is 0 Å². The topological polar surface area (TPSA) is 75.5 Å². The van der Waals surface area contributed by atoms with Gasteiger partial charge in [0.1, 0.15) is 0 Å². The normalized spacial score (nSPS) is 14.5. The Kier molecular flexibility index (Phi) is 4.34. The van der Waals surface area contributed by atoms with Crippen LogP contribution in [0.5, 0.6) is 0 Å². The quantitative estimate of drug-likeness (QED) is 0.532. The van der Waals surface area contributed by atoms with Crippen LogP contribution < -0.4 is 10.2 Å². The van der Waals surface area contributed by atoms with Crippen molar-refractivity contribution in [2.45, 2.75) is 0 Å². The van der Waals surface area contributed by atoms with Crippen LogP contribution in [-0.4, -0.2) is 36.9 Å². The molecule has 1 fully saturated rings. The maximum absolute atomic E-state index is 12.8. The van der Waals surface area contributed by atoms with Crippen molar-refractivity contribution in [3.8, 4) is 0 Å². The first-order chi connectivity index (χ1) is 11.2. The van der Waals surface area contributed by atoms with Crippen LogP contribution in [0.15, 0.2) is 48.5 Å². The molecule has 0 bridgehead atoms. The third kappa shape index (κ3) is 3.22. The minimum Gasteiger partial charge on any atom is -0.368 e. The Labute approximate surface area is 133 Å². The monoisotopic (exact) mass is 311 g/mol. The highest BCUT2D eigenvalue weighted by Crippen LogP contribution is 2.28. The zero-order valence-corrected chi connectivity index (χ0v) is 12.6. The molecular formula is C17H17N3O3. The molecule has 2 aromatic carbocycles. The van der Waals surface area contributed by atoms with Gasteiger partial charge in [0.25, 0.3) is 5.69 Å². The van der Waals surface area contributed by atoms with Crippen molar-refractivity contribution >= 4 is 17.2 Å². The number of non-ortho nitro benzene ring substituents is 1. The second-order valence-corrected chi connectivity index (χ2v) is 5.39. The van der Waals surface area contributed by atoms with E-state index < -0.39 is 4.92 Å². The maximum atomic E-state index is 12.8. The summed E-state index contributed by atoms with van der Waals surface area (Å²) in [6.07, 6.45) is 0. The van der Waals surface area contributed by atoms with E-state index in [4.69, 9.17) is 0 Å². The number of hydrogen-bond acceptors (Lipinski definition) is 5. The van der Waals surface area contributed by atoms with Crippen molar-refractivity contribution in [1.82, 2.24) is 5.32 Å². The number of hydrogen-bond donors (Lipinski definition) is 1. The van der Waals surface area contributed by atoms with Gasteiger partial charge in [0.2, 0.25) is 0 Å². The van der Waals surface area contributed by atoms with Gasteiger partial charge in [0.05, 0.1) is 10.5 Å². The number of nitrogens with zero attached hydrogens (tertiary/aromatic N) is 2. The molecule has 3 rings (SSSR count). The van der Waals surface area contributed by atoms with Gasteiger partial charge in [0.15, 0.2) is 5.78 Å². The lowest BCUT2D eigenvalue weighted by Gasteiger charge is -2.30. The van der Waals surface area contributed by atoms with Crippen LogP contribution in [0.25, 0.3) is 0 Å². The molecule has 1 aliphatic rings. The summed E-state index contributed by atoms with van der Waals surface area (Å²) in [7, 11) is 0. The molecule has 0 atom stereocenters. The largest absolute Gasteiger partial charge is 0.368 e. The van der Waals surface area contributed by atoms with E-state index in [9.17, 15) is 14.9 Å². The number of carbonyl (C=O) groups is 1.